The van der Waals surface area contributed by atoms with E-state index in [1.165, 1.54) is 11.8 Å². The maximum Gasteiger partial charge on any atom is 0.282 e. The number of hydrogen-bond acceptors (Lipinski definition) is 4. The molecule has 18 heavy (non-hydrogen) atoms. The van der Waals surface area contributed by atoms with Crippen LogP contribution in [0, 0.1) is 0 Å². The molecule has 1 fully saturated rings. The lowest BCUT2D eigenvalue weighted by Crippen LogP contribution is -2.32. The number of nitrogens with one attached hydrogen (secondary N) is 1. The zero-order valence-corrected chi connectivity index (χ0v) is 10.7. The predicted molar refractivity (Wildman–Crippen MR) is 70.7 cm³/mol. The van der Waals surface area contributed by atoms with Crippen LogP contribution in [0.4, 0.5) is 4.79 Å². The third-order valence-electron chi connectivity index (χ3n) is 2.84. The van der Waals surface area contributed by atoms with Crippen molar-refractivity contribution in [2.45, 2.75) is 13.0 Å². The largest absolute Gasteiger partial charge is 0.328 e. The van der Waals surface area contributed by atoms with Crippen molar-refractivity contribution in [3.05, 3.63) is 35.4 Å². The van der Waals surface area contributed by atoms with E-state index in [1.54, 1.807) is 4.90 Å². The highest BCUT2D eigenvalue weighted by Crippen LogP contribution is 2.21. The Kier molecular flexibility index (Phi) is 4.22. The van der Waals surface area contributed by atoms with Gasteiger partial charge < -0.3 is 4.90 Å². The Balaban J connectivity index is 2.11. The number of hydrazine groups is 1. The highest BCUT2D eigenvalue weighted by molar-refractivity contribution is 8.13. The van der Waals surface area contributed by atoms with E-state index in [9.17, 15) is 9.59 Å². The van der Waals surface area contributed by atoms with Crippen molar-refractivity contribution in [1.29, 1.82) is 0 Å². The number of benzene rings is 1. The van der Waals surface area contributed by atoms with Crippen molar-refractivity contribution in [3.63, 3.8) is 0 Å². The van der Waals surface area contributed by atoms with Crippen LogP contribution in [0.1, 0.15) is 11.1 Å². The van der Waals surface area contributed by atoms with Crippen LogP contribution in [-0.2, 0) is 17.8 Å². The molecule has 0 atom stereocenters. The molecule has 0 bridgehead atoms. The van der Waals surface area contributed by atoms with E-state index < -0.39 is 0 Å². The zero-order chi connectivity index (χ0) is 13.0. The van der Waals surface area contributed by atoms with E-state index in [0.29, 0.717) is 6.54 Å². The average molecular weight is 265 g/mol. The molecule has 1 heterocycles. The molecule has 1 aliphatic rings. The lowest BCUT2D eigenvalue weighted by atomic mass is 10.0. The molecule has 0 radical (unpaired) electrons. The van der Waals surface area contributed by atoms with Crippen LogP contribution in [-0.4, -0.2) is 28.3 Å². The molecule has 6 heteroatoms. The van der Waals surface area contributed by atoms with Gasteiger partial charge in [-0.15, -0.1) is 0 Å². The Morgan fingerprint density at radius 1 is 1.39 bits per heavy atom. The van der Waals surface area contributed by atoms with Crippen LogP contribution in [0.3, 0.4) is 0 Å². The maximum absolute atomic E-state index is 11.6. The van der Waals surface area contributed by atoms with Crippen LogP contribution in [0.5, 0.6) is 0 Å². The lowest BCUT2D eigenvalue weighted by molar-refractivity contribution is -0.120. The number of nitrogens with zero attached hydrogens (tertiary/aromatic N) is 1. The molecular formula is C12H15N3O2S. The molecule has 0 spiro atoms. The van der Waals surface area contributed by atoms with Crippen molar-refractivity contribution < 1.29 is 9.59 Å². The second kappa shape index (κ2) is 5.88. The zero-order valence-electron chi connectivity index (χ0n) is 9.89. The van der Waals surface area contributed by atoms with Gasteiger partial charge in [-0.25, -0.2) is 5.84 Å². The molecule has 1 aromatic carbocycles. The minimum Gasteiger partial charge on any atom is -0.328 e. The van der Waals surface area contributed by atoms with Gasteiger partial charge in [0.25, 0.3) is 5.24 Å². The number of thioether (sulfide) groups is 1. The minimum absolute atomic E-state index is 0.105. The van der Waals surface area contributed by atoms with Crippen LogP contribution < -0.4 is 11.3 Å². The van der Waals surface area contributed by atoms with Crippen molar-refractivity contribution in [3.8, 4) is 0 Å². The standard InChI is InChI=1S/C12H15N3O2S/c13-14-11(16)7-9-3-1-2-4-10(9)8-15-5-6-18-12(15)17/h1-4H,5-8,13H2,(H,14,16). The SMILES string of the molecule is NNC(=O)Cc1ccccc1CN1CCSC1=O. The van der Waals surface area contributed by atoms with Crippen molar-refractivity contribution >= 4 is 22.9 Å². The molecule has 2 amide bonds. The van der Waals surface area contributed by atoms with Gasteiger partial charge in [0, 0.05) is 18.8 Å². The first-order chi connectivity index (χ1) is 8.70. The second-order valence-corrected chi connectivity index (χ2v) is 5.10. The summed E-state index contributed by atoms with van der Waals surface area (Å²) < 4.78 is 0. The number of amides is 2. The Labute approximate surface area is 110 Å². The number of nitrogens with two attached hydrogens (primary N) is 1. The van der Waals surface area contributed by atoms with Crippen LogP contribution in [0.25, 0.3) is 0 Å². The lowest BCUT2D eigenvalue weighted by Gasteiger charge is -2.17. The van der Waals surface area contributed by atoms with Gasteiger partial charge in [0.2, 0.25) is 5.91 Å². The van der Waals surface area contributed by atoms with Crippen molar-refractivity contribution in [2.75, 3.05) is 12.3 Å². The fraction of sp³-hybridized carbons (Fsp3) is 0.333. The Morgan fingerprint density at radius 3 is 2.72 bits per heavy atom. The fourth-order valence-electron chi connectivity index (χ4n) is 1.88. The summed E-state index contributed by atoms with van der Waals surface area (Å²) in [5.74, 6) is 5.69. The summed E-state index contributed by atoms with van der Waals surface area (Å²) >= 11 is 1.34. The van der Waals surface area contributed by atoms with E-state index >= 15 is 0 Å². The Morgan fingerprint density at radius 2 is 2.11 bits per heavy atom. The van der Waals surface area contributed by atoms with Gasteiger partial charge in [-0.05, 0) is 11.1 Å². The van der Waals surface area contributed by atoms with E-state index in [2.05, 4.69) is 5.43 Å². The molecule has 1 aliphatic heterocycles. The summed E-state index contributed by atoms with van der Waals surface area (Å²) in [6.07, 6.45) is 0.238. The van der Waals surface area contributed by atoms with E-state index in [-0.39, 0.29) is 17.6 Å². The van der Waals surface area contributed by atoms with Crippen LogP contribution in [0.2, 0.25) is 0 Å². The first-order valence-electron chi connectivity index (χ1n) is 5.68. The van der Waals surface area contributed by atoms with Crippen LogP contribution >= 0.6 is 11.8 Å². The molecule has 0 aromatic heterocycles. The number of hydrogen-bond donors (Lipinski definition) is 2. The molecule has 3 N–H and O–H groups in total. The third kappa shape index (κ3) is 3.02. The summed E-state index contributed by atoms with van der Waals surface area (Å²) in [6, 6.07) is 7.61. The van der Waals surface area contributed by atoms with E-state index in [1.807, 2.05) is 24.3 Å². The fourth-order valence-corrected chi connectivity index (χ4v) is 2.71. The van der Waals surface area contributed by atoms with Crippen LogP contribution in [0.15, 0.2) is 24.3 Å². The molecule has 96 valence electrons. The van der Waals surface area contributed by atoms with E-state index in [4.69, 9.17) is 5.84 Å². The van der Waals surface area contributed by atoms with Gasteiger partial charge in [-0.2, -0.15) is 0 Å². The minimum atomic E-state index is -0.232. The molecule has 1 aromatic rings. The maximum atomic E-state index is 11.6. The number of carbonyl (C=O) groups excluding carboxylic acids is 2. The topological polar surface area (TPSA) is 75.4 Å². The number of rotatable bonds is 4. The highest BCUT2D eigenvalue weighted by Gasteiger charge is 2.21. The average Bonchev–Trinajstić information content (AvgIpc) is 2.77. The second-order valence-electron chi connectivity index (χ2n) is 4.05. The Bertz CT molecular complexity index is 464. The predicted octanol–water partition coefficient (Wildman–Crippen LogP) is 0.888. The highest BCUT2D eigenvalue weighted by atomic mass is 32.2. The molecule has 2 rings (SSSR count). The summed E-state index contributed by atoms with van der Waals surface area (Å²) in [6.45, 7) is 1.32. The third-order valence-corrected chi connectivity index (χ3v) is 3.73. The Hall–Kier alpha value is -1.53. The molecule has 5 nitrogen and oxygen atoms in total. The molecule has 0 unspecified atom stereocenters. The van der Waals surface area contributed by atoms with Crippen molar-refractivity contribution in [1.82, 2.24) is 10.3 Å². The van der Waals surface area contributed by atoms with Gasteiger partial charge in [-0.1, -0.05) is 36.0 Å². The summed E-state index contributed by atoms with van der Waals surface area (Å²) in [5, 5.41) is 0.105. The van der Waals surface area contributed by atoms with E-state index in [0.717, 1.165) is 23.4 Å². The molecule has 0 aliphatic carbocycles. The van der Waals surface area contributed by atoms with Crippen molar-refractivity contribution in [2.24, 2.45) is 5.84 Å². The molecule has 0 saturated carbocycles. The summed E-state index contributed by atoms with van der Waals surface area (Å²) in [5.41, 5.74) is 4.02. The summed E-state index contributed by atoms with van der Waals surface area (Å²) in [4.78, 5) is 24.7. The van der Waals surface area contributed by atoms with Gasteiger partial charge >= 0.3 is 0 Å². The first-order valence-corrected chi connectivity index (χ1v) is 6.67. The smallest absolute Gasteiger partial charge is 0.282 e. The first kappa shape index (κ1) is 12.9. The van der Waals surface area contributed by atoms with Gasteiger partial charge in [-0.3, -0.25) is 15.0 Å². The molecular weight excluding hydrogens is 250 g/mol. The normalized spacial score (nSPS) is 14.9. The van der Waals surface area contributed by atoms with Gasteiger partial charge in [0.1, 0.15) is 0 Å². The summed E-state index contributed by atoms with van der Waals surface area (Å²) in [7, 11) is 0. The quantitative estimate of drug-likeness (QED) is 0.481. The molecule has 1 saturated heterocycles. The monoisotopic (exact) mass is 265 g/mol. The number of carbonyl (C=O) groups is 2. The van der Waals surface area contributed by atoms with Gasteiger partial charge in [0.15, 0.2) is 0 Å². The van der Waals surface area contributed by atoms with Gasteiger partial charge in [0.05, 0.1) is 6.42 Å².